The zero-order chi connectivity index (χ0) is 21.5. The van der Waals surface area contributed by atoms with Crippen molar-refractivity contribution in [3.63, 3.8) is 0 Å². The minimum Gasteiger partial charge on any atom is -0.483 e. The smallest absolute Gasteiger partial charge is 0.422 e. The lowest BCUT2D eigenvalue weighted by Crippen LogP contribution is -2.29. The van der Waals surface area contributed by atoms with Crippen molar-refractivity contribution in [2.45, 2.75) is 31.5 Å². The Kier molecular flexibility index (Phi) is 5.13. The molecule has 30 heavy (non-hydrogen) atoms. The van der Waals surface area contributed by atoms with Crippen LogP contribution in [0.25, 0.3) is 11.0 Å². The van der Waals surface area contributed by atoms with Crippen LogP contribution in [0, 0.1) is 5.92 Å². The average molecular weight is 418 g/mol. The second-order valence-corrected chi connectivity index (χ2v) is 7.52. The first-order valence-electron chi connectivity index (χ1n) is 9.60. The number of para-hydroxylation sites is 2. The van der Waals surface area contributed by atoms with Crippen molar-refractivity contribution in [3.05, 3.63) is 54.1 Å². The number of alkyl halides is 3. The van der Waals surface area contributed by atoms with Crippen LogP contribution in [0.3, 0.4) is 0 Å². The topological polar surface area (TPSA) is 69.0 Å². The Labute approximate surface area is 171 Å². The normalized spacial score (nSPS) is 19.5. The van der Waals surface area contributed by atoms with Crippen molar-refractivity contribution in [2.75, 3.05) is 6.61 Å². The molecule has 1 saturated carbocycles. The summed E-state index contributed by atoms with van der Waals surface area (Å²) in [5.74, 6) is 0.754. The van der Waals surface area contributed by atoms with Gasteiger partial charge in [-0.15, -0.1) is 0 Å². The van der Waals surface area contributed by atoms with E-state index in [1.165, 1.54) is 12.3 Å². The number of hydrogen-bond acceptors (Lipinski definition) is 4. The van der Waals surface area contributed by atoms with Crippen LogP contribution in [-0.2, 0) is 11.8 Å². The van der Waals surface area contributed by atoms with Crippen molar-refractivity contribution in [1.82, 2.24) is 19.9 Å². The standard InChI is InChI=1S/C21H21F3N4O2/c1-12(16-8-7-13(10-25-16)30-11-21(22,23)24)26-20(29)15-9-14(15)19-27-17-5-3-4-6-18(17)28(19)2/h3-8,10,12,14-15H,9,11H2,1-2H3,(H,26,29)/t12-,14?,15?/m1/s1. The summed E-state index contributed by atoms with van der Waals surface area (Å²) < 4.78 is 43.3. The van der Waals surface area contributed by atoms with E-state index < -0.39 is 12.8 Å². The summed E-state index contributed by atoms with van der Waals surface area (Å²) in [7, 11) is 1.95. The Morgan fingerprint density at radius 1 is 1.30 bits per heavy atom. The largest absolute Gasteiger partial charge is 0.483 e. The molecule has 1 N–H and O–H groups in total. The lowest BCUT2D eigenvalue weighted by atomic mass is 10.2. The number of rotatable bonds is 6. The van der Waals surface area contributed by atoms with Gasteiger partial charge in [0.25, 0.3) is 0 Å². The summed E-state index contributed by atoms with van der Waals surface area (Å²) >= 11 is 0. The van der Waals surface area contributed by atoms with Gasteiger partial charge in [-0.25, -0.2) is 4.98 Å². The molecule has 158 valence electrons. The first-order chi connectivity index (χ1) is 14.2. The molecular formula is C21H21F3N4O2. The third-order valence-electron chi connectivity index (χ3n) is 5.24. The Balaban J connectivity index is 1.35. The Morgan fingerprint density at radius 3 is 2.73 bits per heavy atom. The highest BCUT2D eigenvalue weighted by molar-refractivity contribution is 5.83. The molecule has 1 aliphatic rings. The number of benzene rings is 1. The molecule has 1 aliphatic carbocycles. The van der Waals surface area contributed by atoms with E-state index in [4.69, 9.17) is 0 Å². The highest BCUT2D eigenvalue weighted by atomic mass is 19.4. The fourth-order valence-electron chi connectivity index (χ4n) is 3.56. The highest BCUT2D eigenvalue weighted by Gasteiger charge is 2.47. The SMILES string of the molecule is C[C@@H](NC(=O)C1CC1c1nc2ccccc2n1C)c1ccc(OCC(F)(F)F)cn1. The van der Waals surface area contributed by atoms with Gasteiger partial charge in [0.1, 0.15) is 11.6 Å². The number of hydrogen-bond donors (Lipinski definition) is 1. The maximum Gasteiger partial charge on any atom is 0.422 e. The van der Waals surface area contributed by atoms with Gasteiger partial charge in [0, 0.05) is 18.9 Å². The van der Waals surface area contributed by atoms with E-state index in [1.54, 1.807) is 13.0 Å². The summed E-state index contributed by atoms with van der Waals surface area (Å²) in [5, 5.41) is 2.93. The molecule has 0 bridgehead atoms. The predicted molar refractivity (Wildman–Crippen MR) is 104 cm³/mol. The highest BCUT2D eigenvalue weighted by Crippen LogP contribution is 2.47. The zero-order valence-corrected chi connectivity index (χ0v) is 16.5. The number of pyridine rings is 1. The molecule has 2 heterocycles. The summed E-state index contributed by atoms with van der Waals surface area (Å²) in [5.41, 5.74) is 2.48. The van der Waals surface area contributed by atoms with Gasteiger partial charge in [-0.3, -0.25) is 9.78 Å². The fourth-order valence-corrected chi connectivity index (χ4v) is 3.56. The number of halogens is 3. The van der Waals surface area contributed by atoms with E-state index in [-0.39, 0.29) is 29.5 Å². The molecule has 2 aromatic heterocycles. The molecule has 0 radical (unpaired) electrons. The minimum absolute atomic E-state index is 0.0266. The maximum atomic E-state index is 12.7. The number of nitrogens with zero attached hydrogens (tertiary/aromatic N) is 3. The van der Waals surface area contributed by atoms with Gasteiger partial charge in [0.15, 0.2) is 6.61 Å². The molecule has 0 spiro atoms. The van der Waals surface area contributed by atoms with Gasteiger partial charge >= 0.3 is 6.18 Å². The van der Waals surface area contributed by atoms with Crippen LogP contribution in [0.5, 0.6) is 5.75 Å². The van der Waals surface area contributed by atoms with E-state index >= 15 is 0 Å². The molecule has 0 saturated heterocycles. The van der Waals surface area contributed by atoms with E-state index in [0.717, 1.165) is 23.3 Å². The van der Waals surface area contributed by atoms with Crippen LogP contribution in [0.2, 0.25) is 0 Å². The van der Waals surface area contributed by atoms with Crippen LogP contribution in [0.1, 0.15) is 36.8 Å². The summed E-state index contributed by atoms with van der Waals surface area (Å²) in [6.45, 7) is 0.411. The lowest BCUT2D eigenvalue weighted by Gasteiger charge is -2.14. The molecular weight excluding hydrogens is 397 g/mol. The van der Waals surface area contributed by atoms with E-state index in [0.29, 0.717) is 5.69 Å². The Morgan fingerprint density at radius 2 is 2.07 bits per heavy atom. The van der Waals surface area contributed by atoms with Gasteiger partial charge in [0.05, 0.1) is 29.0 Å². The number of aromatic nitrogens is 3. The number of carbonyl (C=O) groups excluding carboxylic acids is 1. The average Bonchev–Trinajstić information content (AvgIpc) is 3.44. The van der Waals surface area contributed by atoms with E-state index in [9.17, 15) is 18.0 Å². The first-order valence-corrected chi connectivity index (χ1v) is 9.60. The van der Waals surface area contributed by atoms with Crippen LogP contribution < -0.4 is 10.1 Å². The molecule has 0 aliphatic heterocycles. The molecule has 1 amide bonds. The van der Waals surface area contributed by atoms with Crippen LogP contribution >= 0.6 is 0 Å². The minimum atomic E-state index is -4.40. The van der Waals surface area contributed by atoms with Crippen molar-refractivity contribution in [1.29, 1.82) is 0 Å². The molecule has 4 rings (SSSR count). The lowest BCUT2D eigenvalue weighted by molar-refractivity contribution is -0.153. The van der Waals surface area contributed by atoms with Crippen LogP contribution in [0.15, 0.2) is 42.6 Å². The van der Waals surface area contributed by atoms with E-state index in [1.807, 2.05) is 35.9 Å². The summed E-state index contributed by atoms with van der Waals surface area (Å²) in [6, 6.07) is 10.4. The second kappa shape index (κ2) is 7.62. The third-order valence-corrected chi connectivity index (χ3v) is 5.24. The number of imidazole rings is 1. The molecule has 3 atom stereocenters. The van der Waals surface area contributed by atoms with Gasteiger partial charge in [-0.2, -0.15) is 13.2 Å². The predicted octanol–water partition coefficient (Wildman–Crippen LogP) is 3.89. The summed E-state index contributed by atoms with van der Waals surface area (Å²) in [6.07, 6.45) is -2.45. The monoisotopic (exact) mass is 418 g/mol. The second-order valence-electron chi connectivity index (χ2n) is 7.52. The first kappa shape index (κ1) is 20.2. The number of nitrogens with one attached hydrogen (secondary N) is 1. The zero-order valence-electron chi connectivity index (χ0n) is 16.5. The number of carbonyl (C=O) groups is 1. The fraction of sp³-hybridized carbons (Fsp3) is 0.381. The number of aryl methyl sites for hydroxylation is 1. The van der Waals surface area contributed by atoms with Gasteiger partial charge in [-0.1, -0.05) is 12.1 Å². The molecule has 1 aromatic carbocycles. The number of amides is 1. The molecule has 9 heteroatoms. The van der Waals surface area contributed by atoms with Gasteiger partial charge < -0.3 is 14.6 Å². The van der Waals surface area contributed by atoms with Crippen molar-refractivity contribution in [3.8, 4) is 5.75 Å². The van der Waals surface area contributed by atoms with E-state index in [2.05, 4.69) is 20.0 Å². The number of ether oxygens (including phenoxy) is 1. The molecule has 1 fully saturated rings. The number of fused-ring (bicyclic) bond motifs is 1. The van der Waals surface area contributed by atoms with Gasteiger partial charge in [0.2, 0.25) is 5.91 Å². The Hall–Kier alpha value is -3.10. The van der Waals surface area contributed by atoms with Gasteiger partial charge in [-0.05, 0) is 37.6 Å². The molecule has 6 nitrogen and oxygen atoms in total. The molecule has 3 aromatic rings. The van der Waals surface area contributed by atoms with Crippen molar-refractivity contribution in [2.24, 2.45) is 13.0 Å². The quantitative estimate of drug-likeness (QED) is 0.660. The summed E-state index contributed by atoms with van der Waals surface area (Å²) in [4.78, 5) is 21.4. The molecule has 2 unspecified atom stereocenters. The van der Waals surface area contributed by atoms with Crippen molar-refractivity contribution >= 4 is 16.9 Å². The Bertz CT molecular complexity index is 1060. The van der Waals surface area contributed by atoms with Crippen molar-refractivity contribution < 1.29 is 22.7 Å². The third kappa shape index (κ3) is 4.24. The van der Waals surface area contributed by atoms with Crippen LogP contribution in [0.4, 0.5) is 13.2 Å². The maximum absolute atomic E-state index is 12.7. The van der Waals surface area contributed by atoms with Crippen LogP contribution in [-0.4, -0.2) is 33.2 Å².